The van der Waals surface area contributed by atoms with Gasteiger partial charge in [-0.25, -0.2) is 0 Å². The molecule has 4 unspecified atom stereocenters. The molecule has 1 aliphatic heterocycles. The van der Waals surface area contributed by atoms with E-state index in [4.69, 9.17) is 10.5 Å². The summed E-state index contributed by atoms with van der Waals surface area (Å²) in [7, 11) is 0. The van der Waals surface area contributed by atoms with Crippen molar-refractivity contribution in [3.63, 3.8) is 0 Å². The summed E-state index contributed by atoms with van der Waals surface area (Å²) < 4.78 is 5.56. The van der Waals surface area contributed by atoms with E-state index in [0.29, 0.717) is 11.8 Å². The minimum Gasteiger partial charge on any atom is -0.367 e. The van der Waals surface area contributed by atoms with E-state index in [9.17, 15) is 4.79 Å². The molecule has 3 heteroatoms. The van der Waals surface area contributed by atoms with Crippen molar-refractivity contribution >= 4 is 5.91 Å². The average molecular weight is 167 g/mol. The molecule has 0 aromatic heterocycles. The third kappa shape index (κ3) is 0.534. The van der Waals surface area contributed by atoms with E-state index >= 15 is 0 Å². The van der Waals surface area contributed by atoms with Crippen molar-refractivity contribution in [3.05, 3.63) is 0 Å². The lowest BCUT2D eigenvalue weighted by Gasteiger charge is -2.32. The second-order valence-electron chi connectivity index (χ2n) is 4.38. The topological polar surface area (TPSA) is 52.3 Å². The number of primary amides is 1. The Morgan fingerprint density at radius 3 is 2.83 bits per heavy atom. The van der Waals surface area contributed by atoms with Crippen LogP contribution in [0.1, 0.15) is 19.3 Å². The van der Waals surface area contributed by atoms with Gasteiger partial charge in [-0.05, 0) is 31.1 Å². The lowest BCUT2D eigenvalue weighted by atomic mass is 9.84. The molecule has 0 spiro atoms. The van der Waals surface area contributed by atoms with Crippen molar-refractivity contribution in [2.24, 2.45) is 23.5 Å². The molecule has 3 rings (SSSR count). The molecule has 0 radical (unpaired) electrons. The minimum absolute atomic E-state index is 0.225. The largest absolute Gasteiger partial charge is 0.367 e. The Balaban J connectivity index is 2.04. The molecule has 0 aromatic carbocycles. The van der Waals surface area contributed by atoms with Gasteiger partial charge in [-0.1, -0.05) is 0 Å². The quantitative estimate of drug-likeness (QED) is 0.610. The zero-order chi connectivity index (χ0) is 8.34. The number of amides is 1. The molecule has 2 saturated carbocycles. The molecule has 3 nitrogen and oxygen atoms in total. The highest BCUT2D eigenvalue weighted by Gasteiger charge is 2.65. The van der Waals surface area contributed by atoms with Crippen LogP contribution in [0.2, 0.25) is 0 Å². The molecule has 1 amide bonds. The van der Waals surface area contributed by atoms with Gasteiger partial charge in [0.2, 0.25) is 5.91 Å². The van der Waals surface area contributed by atoms with Crippen molar-refractivity contribution in [1.82, 2.24) is 0 Å². The van der Waals surface area contributed by atoms with Crippen molar-refractivity contribution < 1.29 is 9.53 Å². The SMILES string of the molecule is NC(=O)C12CC3CCC1C3CO2. The first kappa shape index (κ1) is 6.89. The molecule has 2 N–H and O–H groups in total. The van der Waals surface area contributed by atoms with E-state index in [1.165, 1.54) is 6.42 Å². The Morgan fingerprint density at radius 2 is 2.33 bits per heavy atom. The van der Waals surface area contributed by atoms with Crippen molar-refractivity contribution in [1.29, 1.82) is 0 Å². The van der Waals surface area contributed by atoms with Crippen LogP contribution < -0.4 is 5.73 Å². The standard InChI is InChI=1S/C9H13NO2/c10-8(11)9-3-5-1-2-7(9)6(5)4-12-9/h5-7H,1-4H2,(H2,10,11). The summed E-state index contributed by atoms with van der Waals surface area (Å²) in [6.45, 7) is 0.776. The summed E-state index contributed by atoms with van der Waals surface area (Å²) in [5.41, 5.74) is 4.86. The van der Waals surface area contributed by atoms with Gasteiger partial charge in [0.1, 0.15) is 5.60 Å². The van der Waals surface area contributed by atoms with E-state index in [0.717, 1.165) is 25.4 Å². The van der Waals surface area contributed by atoms with E-state index in [-0.39, 0.29) is 5.91 Å². The summed E-state index contributed by atoms with van der Waals surface area (Å²) >= 11 is 0. The van der Waals surface area contributed by atoms with Gasteiger partial charge in [-0.15, -0.1) is 0 Å². The van der Waals surface area contributed by atoms with Crippen molar-refractivity contribution in [2.75, 3.05) is 6.61 Å². The van der Waals surface area contributed by atoms with E-state index < -0.39 is 5.60 Å². The Hall–Kier alpha value is -0.570. The van der Waals surface area contributed by atoms with Crippen LogP contribution in [0.5, 0.6) is 0 Å². The summed E-state index contributed by atoms with van der Waals surface area (Å²) in [5, 5.41) is 0. The molecule has 4 bridgehead atoms. The van der Waals surface area contributed by atoms with Crippen LogP contribution >= 0.6 is 0 Å². The summed E-state index contributed by atoms with van der Waals surface area (Å²) in [6, 6.07) is 0. The van der Waals surface area contributed by atoms with E-state index in [2.05, 4.69) is 0 Å². The number of nitrogens with two attached hydrogens (primary N) is 1. The van der Waals surface area contributed by atoms with Gasteiger partial charge in [-0.3, -0.25) is 4.79 Å². The molecular weight excluding hydrogens is 154 g/mol. The van der Waals surface area contributed by atoms with Gasteiger partial charge in [-0.2, -0.15) is 0 Å². The van der Waals surface area contributed by atoms with Gasteiger partial charge >= 0.3 is 0 Å². The Labute approximate surface area is 71.3 Å². The molecule has 3 fully saturated rings. The van der Waals surface area contributed by atoms with Gasteiger partial charge in [0.05, 0.1) is 6.61 Å². The molecular formula is C9H13NO2. The first-order valence-corrected chi connectivity index (χ1v) is 4.68. The predicted octanol–water partition coefficient (Wildman–Crippen LogP) is 0.287. The molecule has 4 atom stereocenters. The van der Waals surface area contributed by atoms with E-state index in [1.807, 2.05) is 0 Å². The maximum absolute atomic E-state index is 11.3. The number of ether oxygens (including phenoxy) is 1. The zero-order valence-corrected chi connectivity index (χ0v) is 6.95. The number of hydrogen-bond acceptors (Lipinski definition) is 2. The lowest BCUT2D eigenvalue weighted by molar-refractivity contribution is -0.146. The van der Waals surface area contributed by atoms with Gasteiger partial charge in [0.25, 0.3) is 0 Å². The van der Waals surface area contributed by atoms with Crippen LogP contribution in [0.15, 0.2) is 0 Å². The first-order valence-electron chi connectivity index (χ1n) is 4.68. The van der Waals surface area contributed by atoms with Crippen LogP contribution in [-0.4, -0.2) is 18.1 Å². The number of hydrogen-bond donors (Lipinski definition) is 1. The molecule has 1 saturated heterocycles. The smallest absolute Gasteiger partial charge is 0.249 e. The predicted molar refractivity (Wildman–Crippen MR) is 42.2 cm³/mol. The van der Waals surface area contributed by atoms with Crippen LogP contribution in [0.3, 0.4) is 0 Å². The third-order valence-electron chi connectivity index (χ3n) is 4.09. The lowest BCUT2D eigenvalue weighted by Crippen LogP contribution is -2.48. The van der Waals surface area contributed by atoms with Crippen LogP contribution in [0, 0.1) is 17.8 Å². The van der Waals surface area contributed by atoms with Crippen LogP contribution in [0.4, 0.5) is 0 Å². The minimum atomic E-state index is -0.534. The highest BCUT2D eigenvalue weighted by molar-refractivity contribution is 5.85. The Morgan fingerprint density at radius 1 is 1.50 bits per heavy atom. The number of carbonyl (C=O) groups excluding carboxylic acids is 1. The molecule has 2 aliphatic carbocycles. The summed E-state index contributed by atoms with van der Waals surface area (Å²) in [4.78, 5) is 11.3. The van der Waals surface area contributed by atoms with Gasteiger partial charge in [0, 0.05) is 5.92 Å². The van der Waals surface area contributed by atoms with Crippen molar-refractivity contribution in [2.45, 2.75) is 24.9 Å². The molecule has 12 heavy (non-hydrogen) atoms. The monoisotopic (exact) mass is 167 g/mol. The molecule has 66 valence electrons. The highest BCUT2D eigenvalue weighted by Crippen LogP contribution is 2.60. The highest BCUT2D eigenvalue weighted by atomic mass is 16.5. The average Bonchev–Trinajstić information content (AvgIpc) is 2.67. The Bertz CT molecular complexity index is 253. The third-order valence-corrected chi connectivity index (χ3v) is 4.09. The zero-order valence-electron chi connectivity index (χ0n) is 6.95. The fourth-order valence-corrected chi connectivity index (χ4v) is 3.54. The number of rotatable bonds is 1. The maximum atomic E-state index is 11.3. The van der Waals surface area contributed by atoms with Crippen LogP contribution in [0.25, 0.3) is 0 Å². The van der Waals surface area contributed by atoms with Gasteiger partial charge < -0.3 is 10.5 Å². The fraction of sp³-hybridized carbons (Fsp3) is 0.889. The molecule has 1 heterocycles. The number of carbonyl (C=O) groups is 1. The summed E-state index contributed by atoms with van der Waals surface area (Å²) in [5.74, 6) is 1.62. The second-order valence-corrected chi connectivity index (χ2v) is 4.38. The van der Waals surface area contributed by atoms with Crippen LogP contribution in [-0.2, 0) is 9.53 Å². The molecule has 3 aliphatic rings. The van der Waals surface area contributed by atoms with E-state index in [1.54, 1.807) is 0 Å². The molecule has 0 aromatic rings. The fourth-order valence-electron chi connectivity index (χ4n) is 3.54. The normalized spacial score (nSPS) is 54.8. The summed E-state index contributed by atoms with van der Waals surface area (Å²) in [6.07, 6.45) is 3.34. The van der Waals surface area contributed by atoms with Crippen molar-refractivity contribution in [3.8, 4) is 0 Å². The van der Waals surface area contributed by atoms with Gasteiger partial charge in [0.15, 0.2) is 0 Å². The Kier molecular flexibility index (Phi) is 1.06. The maximum Gasteiger partial charge on any atom is 0.249 e. The second kappa shape index (κ2) is 1.84. The first-order chi connectivity index (χ1) is 5.74.